The van der Waals surface area contributed by atoms with Crippen molar-refractivity contribution in [2.45, 2.75) is 27.7 Å². The Hall–Kier alpha value is -3.61. The predicted octanol–water partition coefficient (Wildman–Crippen LogP) is 2.95. The average Bonchev–Trinajstić information content (AvgIpc) is 3.05. The monoisotopic (exact) mass is 392 g/mol. The van der Waals surface area contributed by atoms with Crippen LogP contribution in [0.1, 0.15) is 32.9 Å². The fraction of sp³-hybridized carbons (Fsp3) is 0.227. The van der Waals surface area contributed by atoms with Crippen molar-refractivity contribution in [2.75, 3.05) is 6.61 Å². The number of amides is 2. The Morgan fingerprint density at radius 1 is 0.931 bits per heavy atom. The Balaban J connectivity index is 1.51. The van der Waals surface area contributed by atoms with Crippen LogP contribution >= 0.6 is 0 Å². The van der Waals surface area contributed by atoms with Crippen molar-refractivity contribution in [1.29, 1.82) is 0 Å². The third-order valence-electron chi connectivity index (χ3n) is 4.55. The number of aryl methyl sites for hydroxylation is 4. The second-order valence-electron chi connectivity index (χ2n) is 6.92. The Kier molecular flexibility index (Phi) is 5.97. The van der Waals surface area contributed by atoms with Gasteiger partial charge in [-0.05, 0) is 81.3 Å². The van der Waals surface area contributed by atoms with E-state index in [0.717, 1.165) is 28.2 Å². The maximum Gasteiger partial charge on any atom is 0.276 e. The van der Waals surface area contributed by atoms with Crippen LogP contribution in [0.25, 0.3) is 5.69 Å². The van der Waals surface area contributed by atoms with E-state index in [9.17, 15) is 9.59 Å². The zero-order chi connectivity index (χ0) is 21.0. The normalized spacial score (nSPS) is 10.5. The van der Waals surface area contributed by atoms with Crippen LogP contribution in [0.4, 0.5) is 0 Å². The van der Waals surface area contributed by atoms with E-state index in [0.29, 0.717) is 11.3 Å². The van der Waals surface area contributed by atoms with Gasteiger partial charge in [0.25, 0.3) is 11.8 Å². The highest BCUT2D eigenvalue weighted by Crippen LogP contribution is 2.16. The van der Waals surface area contributed by atoms with Gasteiger partial charge in [-0.2, -0.15) is 5.10 Å². The Morgan fingerprint density at radius 3 is 2.28 bits per heavy atom. The molecule has 0 radical (unpaired) electrons. The van der Waals surface area contributed by atoms with Gasteiger partial charge >= 0.3 is 0 Å². The van der Waals surface area contributed by atoms with Crippen LogP contribution in [-0.2, 0) is 4.79 Å². The summed E-state index contributed by atoms with van der Waals surface area (Å²) in [6.45, 7) is 7.68. The fourth-order valence-corrected chi connectivity index (χ4v) is 2.83. The lowest BCUT2D eigenvalue weighted by Crippen LogP contribution is -2.43. The quantitative estimate of drug-likeness (QED) is 0.654. The van der Waals surface area contributed by atoms with Gasteiger partial charge < -0.3 is 4.74 Å². The fourth-order valence-electron chi connectivity index (χ4n) is 2.83. The molecule has 0 spiro atoms. The number of carbonyl (C=O) groups is 2. The molecule has 150 valence electrons. The van der Waals surface area contributed by atoms with E-state index in [2.05, 4.69) is 16.0 Å². The third kappa shape index (κ3) is 5.01. The molecule has 0 aliphatic rings. The van der Waals surface area contributed by atoms with Gasteiger partial charge in [0.2, 0.25) is 0 Å². The van der Waals surface area contributed by atoms with Crippen molar-refractivity contribution in [3.8, 4) is 11.4 Å². The Bertz CT molecular complexity index is 1040. The summed E-state index contributed by atoms with van der Waals surface area (Å²) >= 11 is 0. The van der Waals surface area contributed by atoms with E-state index < -0.39 is 11.8 Å². The minimum Gasteiger partial charge on any atom is -0.484 e. The van der Waals surface area contributed by atoms with E-state index in [1.165, 1.54) is 0 Å². The molecule has 2 N–H and O–H groups in total. The number of hydrazine groups is 1. The maximum absolute atomic E-state index is 12.2. The third-order valence-corrected chi connectivity index (χ3v) is 4.55. The van der Waals surface area contributed by atoms with Crippen molar-refractivity contribution < 1.29 is 14.3 Å². The number of nitrogens with zero attached hydrogens (tertiary/aromatic N) is 2. The number of benzene rings is 2. The van der Waals surface area contributed by atoms with Crippen LogP contribution < -0.4 is 15.6 Å². The minimum atomic E-state index is -0.448. The Labute approximate surface area is 169 Å². The van der Waals surface area contributed by atoms with Gasteiger partial charge in [0.1, 0.15) is 5.75 Å². The summed E-state index contributed by atoms with van der Waals surface area (Å²) in [4.78, 5) is 24.2. The molecule has 0 unspecified atom stereocenters. The summed E-state index contributed by atoms with van der Waals surface area (Å²) in [5.41, 5.74) is 10.2. The Morgan fingerprint density at radius 2 is 1.66 bits per heavy atom. The van der Waals surface area contributed by atoms with Gasteiger partial charge in [-0.3, -0.25) is 20.4 Å². The van der Waals surface area contributed by atoms with E-state index in [1.807, 2.05) is 50.6 Å². The number of carbonyl (C=O) groups excluding carboxylic acids is 2. The smallest absolute Gasteiger partial charge is 0.276 e. The number of ether oxygens (including phenoxy) is 1. The van der Waals surface area contributed by atoms with Crippen LogP contribution in [0.3, 0.4) is 0 Å². The minimum absolute atomic E-state index is 0.195. The number of aromatic nitrogens is 2. The molecule has 1 heterocycles. The summed E-state index contributed by atoms with van der Waals surface area (Å²) < 4.78 is 7.25. The summed E-state index contributed by atoms with van der Waals surface area (Å²) in [6.07, 6.45) is 0. The van der Waals surface area contributed by atoms with Gasteiger partial charge in [-0.25, -0.2) is 4.68 Å². The van der Waals surface area contributed by atoms with E-state index in [-0.39, 0.29) is 6.61 Å². The summed E-state index contributed by atoms with van der Waals surface area (Å²) in [5.74, 6) is -0.255. The zero-order valence-electron chi connectivity index (χ0n) is 16.9. The van der Waals surface area contributed by atoms with Crippen LogP contribution in [0.2, 0.25) is 0 Å². The lowest BCUT2D eigenvalue weighted by atomic mass is 10.1. The molecule has 0 fully saturated rings. The van der Waals surface area contributed by atoms with Crippen molar-refractivity contribution in [3.63, 3.8) is 0 Å². The molecule has 0 atom stereocenters. The standard InChI is InChI=1S/C22H24N4O3/c1-14-5-10-20(11-15(14)2)29-13-21(27)23-24-22(28)18-6-8-19(9-7-18)26-17(4)12-16(3)25-26/h5-12H,13H2,1-4H3,(H,23,27)(H,24,28). The molecule has 0 saturated heterocycles. The van der Waals surface area contributed by atoms with E-state index >= 15 is 0 Å². The second-order valence-corrected chi connectivity index (χ2v) is 6.92. The highest BCUT2D eigenvalue weighted by molar-refractivity contribution is 5.95. The summed E-state index contributed by atoms with van der Waals surface area (Å²) in [7, 11) is 0. The number of hydrogen-bond acceptors (Lipinski definition) is 4. The first kappa shape index (κ1) is 20.1. The molecule has 0 aliphatic heterocycles. The topological polar surface area (TPSA) is 85.2 Å². The SMILES string of the molecule is Cc1cc(C)n(-c2ccc(C(=O)NNC(=O)COc3ccc(C)c(C)c3)cc2)n1. The first-order valence-corrected chi connectivity index (χ1v) is 9.26. The molecule has 0 aliphatic carbocycles. The molecular formula is C22H24N4O3. The largest absolute Gasteiger partial charge is 0.484 e. The van der Waals surface area contributed by atoms with Crippen molar-refractivity contribution in [3.05, 3.63) is 76.6 Å². The van der Waals surface area contributed by atoms with Gasteiger partial charge in [0.05, 0.1) is 11.4 Å². The summed E-state index contributed by atoms with van der Waals surface area (Å²) in [6, 6.07) is 14.6. The number of nitrogens with one attached hydrogen (secondary N) is 2. The van der Waals surface area contributed by atoms with Gasteiger partial charge in [-0.1, -0.05) is 6.07 Å². The van der Waals surface area contributed by atoms with Gasteiger partial charge in [0, 0.05) is 11.3 Å². The number of hydrogen-bond donors (Lipinski definition) is 2. The van der Waals surface area contributed by atoms with Crippen LogP contribution in [0.15, 0.2) is 48.5 Å². The average molecular weight is 392 g/mol. The molecular weight excluding hydrogens is 368 g/mol. The first-order chi connectivity index (χ1) is 13.8. The van der Waals surface area contributed by atoms with Crippen molar-refractivity contribution >= 4 is 11.8 Å². The first-order valence-electron chi connectivity index (χ1n) is 9.26. The molecule has 7 nitrogen and oxygen atoms in total. The molecule has 0 saturated carbocycles. The molecule has 0 bridgehead atoms. The van der Waals surface area contributed by atoms with E-state index in [4.69, 9.17) is 4.74 Å². The molecule has 29 heavy (non-hydrogen) atoms. The lowest BCUT2D eigenvalue weighted by Gasteiger charge is -2.10. The predicted molar refractivity (Wildman–Crippen MR) is 110 cm³/mol. The number of rotatable bonds is 5. The molecule has 3 aromatic rings. The zero-order valence-corrected chi connectivity index (χ0v) is 16.9. The summed E-state index contributed by atoms with van der Waals surface area (Å²) in [5, 5.41) is 4.42. The van der Waals surface area contributed by atoms with Gasteiger partial charge in [-0.15, -0.1) is 0 Å². The highest BCUT2D eigenvalue weighted by Gasteiger charge is 2.10. The molecule has 7 heteroatoms. The molecule has 2 amide bonds. The van der Waals surface area contributed by atoms with Crippen LogP contribution in [0.5, 0.6) is 5.75 Å². The van der Waals surface area contributed by atoms with Gasteiger partial charge in [0.15, 0.2) is 6.61 Å². The lowest BCUT2D eigenvalue weighted by molar-refractivity contribution is -0.123. The highest BCUT2D eigenvalue weighted by atomic mass is 16.5. The van der Waals surface area contributed by atoms with Crippen molar-refractivity contribution in [1.82, 2.24) is 20.6 Å². The maximum atomic E-state index is 12.2. The van der Waals surface area contributed by atoms with Crippen LogP contribution in [0, 0.1) is 27.7 Å². The van der Waals surface area contributed by atoms with Crippen LogP contribution in [-0.4, -0.2) is 28.2 Å². The van der Waals surface area contributed by atoms with Crippen molar-refractivity contribution in [2.24, 2.45) is 0 Å². The molecule has 3 rings (SSSR count). The molecule has 1 aromatic heterocycles. The second kappa shape index (κ2) is 8.60. The molecule has 2 aromatic carbocycles. The van der Waals surface area contributed by atoms with E-state index in [1.54, 1.807) is 30.3 Å².